The zero-order valence-electron chi connectivity index (χ0n) is 27.9. The van der Waals surface area contributed by atoms with E-state index >= 15 is 0 Å². The Morgan fingerprint density at radius 3 is 2.85 bits per heavy atom. The first-order valence-corrected chi connectivity index (χ1v) is 12.7. The minimum absolute atomic E-state index is 0.0758. The average Bonchev–Trinajstić information content (AvgIpc) is 3.01. The summed E-state index contributed by atoms with van der Waals surface area (Å²) in [6, 6.07) is 14.5. The second-order valence-corrected chi connectivity index (χ2v) is 8.99. The third-order valence-corrected chi connectivity index (χ3v) is 5.88. The van der Waals surface area contributed by atoms with Crippen LogP contribution in [0.2, 0.25) is 5.02 Å². The van der Waals surface area contributed by atoms with Crippen molar-refractivity contribution in [3.8, 4) is 17.6 Å². The first kappa shape index (κ1) is 21.4. The number of rotatable bonds is 12. The van der Waals surface area contributed by atoms with Crippen molar-refractivity contribution in [1.29, 1.82) is 5.26 Å². The number of anilines is 2. The van der Waals surface area contributed by atoms with E-state index in [2.05, 4.69) is 21.4 Å². The monoisotopic (exact) mass is 561 g/mol. The van der Waals surface area contributed by atoms with Crippen LogP contribution in [0.15, 0.2) is 73.1 Å². The topological polar surface area (TPSA) is 100 Å². The van der Waals surface area contributed by atoms with Crippen molar-refractivity contribution in [2.75, 3.05) is 32.5 Å². The number of nitriles is 1. The summed E-state index contributed by atoms with van der Waals surface area (Å²) in [6.45, 7) is -2.64. The molecule has 2 aromatic heterocycles. The number of pyridine rings is 2. The number of nitrogens with one attached hydrogen (secondary N) is 1. The van der Waals surface area contributed by atoms with Crippen molar-refractivity contribution in [3.63, 3.8) is 0 Å². The van der Waals surface area contributed by atoms with Gasteiger partial charge in [0.1, 0.15) is 24.1 Å². The highest BCUT2D eigenvalue weighted by molar-refractivity contribution is 6.32. The van der Waals surface area contributed by atoms with Gasteiger partial charge in [0.05, 0.1) is 38.2 Å². The molecule has 0 spiro atoms. The number of hydrogen-bond donors (Lipinski definition) is 1. The lowest BCUT2D eigenvalue weighted by Crippen LogP contribution is -2.11. The molecule has 0 saturated heterocycles. The van der Waals surface area contributed by atoms with Gasteiger partial charge in [0.2, 0.25) is 0 Å². The van der Waals surface area contributed by atoms with Gasteiger partial charge in [0, 0.05) is 52.2 Å². The van der Waals surface area contributed by atoms with E-state index in [0.717, 1.165) is 4.90 Å². The molecule has 0 amide bonds. The molecule has 0 unspecified atom stereocenters. The molecule has 2 heterocycles. The van der Waals surface area contributed by atoms with Gasteiger partial charge in [-0.1, -0.05) is 23.7 Å². The smallest absolute Gasteiger partial charge is 0.159 e. The quantitative estimate of drug-likeness (QED) is 0.207. The molecule has 0 aliphatic carbocycles. The van der Waals surface area contributed by atoms with Crippen LogP contribution in [-0.4, -0.2) is 47.8 Å². The van der Waals surface area contributed by atoms with Crippen LogP contribution in [0.25, 0.3) is 10.9 Å². The number of ketones is 1. The third kappa shape index (κ3) is 7.35. The lowest BCUT2D eigenvalue weighted by atomic mass is 10.0. The first-order valence-electron chi connectivity index (χ1n) is 15.3. The van der Waals surface area contributed by atoms with Gasteiger partial charge in [-0.2, -0.15) is 5.26 Å². The molecule has 4 aromatic rings. The molecule has 0 saturated carbocycles. The lowest BCUT2D eigenvalue weighted by molar-refractivity contribution is -0.114. The highest BCUT2D eigenvalue weighted by Crippen LogP contribution is 2.36. The molecular formula is C31H30ClN5O3. The van der Waals surface area contributed by atoms with E-state index in [0.29, 0.717) is 40.2 Å². The second-order valence-electron chi connectivity index (χ2n) is 8.59. The Hall–Kier alpha value is -4.45. The number of hydrogen-bond acceptors (Lipinski definition) is 8. The average molecular weight is 562 g/mol. The van der Waals surface area contributed by atoms with E-state index in [9.17, 15) is 10.1 Å². The molecule has 0 aliphatic heterocycles. The van der Waals surface area contributed by atoms with Crippen molar-refractivity contribution in [3.05, 3.63) is 94.9 Å². The predicted molar refractivity (Wildman–Crippen MR) is 157 cm³/mol. The molecule has 4 rings (SSSR count). The first-order chi connectivity index (χ1) is 21.7. The number of aromatic nitrogens is 2. The molecule has 0 atom stereocenters. The fraction of sp³-hybridized carbons (Fsp3) is 0.226. The van der Waals surface area contributed by atoms with Crippen molar-refractivity contribution in [2.24, 2.45) is 0 Å². The molecule has 40 heavy (non-hydrogen) atoms. The van der Waals surface area contributed by atoms with Gasteiger partial charge in [-0.3, -0.25) is 14.8 Å². The summed E-state index contributed by atoms with van der Waals surface area (Å²) in [5.41, 5.74) is 2.02. The van der Waals surface area contributed by atoms with E-state index in [1.807, 2.05) is 0 Å². The number of benzene rings is 2. The Morgan fingerprint density at radius 2 is 2.12 bits per heavy atom. The summed E-state index contributed by atoms with van der Waals surface area (Å²) in [5, 5.41) is 13.7. The Morgan fingerprint density at radius 1 is 1.25 bits per heavy atom. The Balaban J connectivity index is 1.66. The van der Waals surface area contributed by atoms with E-state index in [-0.39, 0.29) is 41.0 Å². The standard InChI is InChI=1S/C31H30ClN5O3/c1-4-39-30-17-28-26(15-21(30)14-25(38)9-7-13-37(2)3)31(22(18-33)19-35-28)36-23-10-11-29(27(32)16-23)40-20-24-8-5-6-12-34-24/h5-12,15-17,19H,4,13-14,20H2,1-3H3,(H,35,36)/b9-7+/i2D3,9D,20D2. The zero-order valence-corrected chi connectivity index (χ0v) is 22.6. The molecule has 0 radical (unpaired) electrons. The number of fused-ring (bicyclic) bond motifs is 1. The highest BCUT2D eigenvalue weighted by atomic mass is 35.5. The Bertz CT molecular complexity index is 1810. The van der Waals surface area contributed by atoms with Crippen molar-refractivity contribution in [1.82, 2.24) is 14.9 Å². The fourth-order valence-corrected chi connectivity index (χ4v) is 3.99. The van der Waals surface area contributed by atoms with E-state index in [1.165, 1.54) is 43.7 Å². The van der Waals surface area contributed by atoms with Gasteiger partial charge in [-0.05, 0) is 63.4 Å². The molecule has 0 bridgehead atoms. The second kappa shape index (κ2) is 13.6. The number of halogens is 1. The van der Waals surface area contributed by atoms with E-state index in [4.69, 9.17) is 29.3 Å². The van der Waals surface area contributed by atoms with Gasteiger partial charge in [0.25, 0.3) is 0 Å². The fourth-order valence-electron chi connectivity index (χ4n) is 3.77. The minimum atomic E-state index is -2.36. The van der Waals surface area contributed by atoms with Gasteiger partial charge >= 0.3 is 0 Å². The predicted octanol–water partition coefficient (Wildman–Crippen LogP) is 6.11. The highest BCUT2D eigenvalue weighted by Gasteiger charge is 2.16. The largest absolute Gasteiger partial charge is 0.494 e. The number of nitrogens with zero attached hydrogens (tertiary/aromatic N) is 4. The number of likely N-dealkylation sites (N-methyl/N-ethyl adjacent to an activating group) is 1. The van der Waals surface area contributed by atoms with Crippen molar-refractivity contribution in [2.45, 2.75) is 19.9 Å². The van der Waals surface area contributed by atoms with Gasteiger partial charge < -0.3 is 19.7 Å². The number of ether oxygens (including phenoxy) is 2. The number of carbonyl (C=O) groups is 1. The summed E-state index contributed by atoms with van der Waals surface area (Å²) in [6.07, 6.45) is 3.89. The van der Waals surface area contributed by atoms with Crippen LogP contribution in [0.5, 0.6) is 11.5 Å². The summed E-state index contributed by atoms with van der Waals surface area (Å²) < 4.78 is 58.4. The molecule has 2 aromatic carbocycles. The van der Waals surface area contributed by atoms with Crippen LogP contribution in [0.3, 0.4) is 0 Å². The SMILES string of the molecule is [2H]/C(=C\CN(C)C([2H])([2H])[2H])C(=O)Cc1cc2c(Nc3ccc(OC([2H])([2H])c4ccccn4)c(Cl)c3)c(C#N)cnc2cc1OCC. The van der Waals surface area contributed by atoms with Gasteiger partial charge in [0.15, 0.2) is 5.78 Å². The molecule has 204 valence electrons. The summed E-state index contributed by atoms with van der Waals surface area (Å²) in [4.78, 5) is 22.5. The third-order valence-electron chi connectivity index (χ3n) is 5.58. The summed E-state index contributed by atoms with van der Waals surface area (Å²) in [5.74, 6) is -0.0915. The lowest BCUT2D eigenvalue weighted by Gasteiger charge is -2.16. The van der Waals surface area contributed by atoms with Crippen molar-refractivity contribution >= 4 is 39.7 Å². The maximum atomic E-state index is 13.0. The van der Waals surface area contributed by atoms with Crippen LogP contribution < -0.4 is 14.8 Å². The number of allylic oxidation sites excluding steroid dienone is 1. The molecular weight excluding hydrogens is 526 g/mol. The minimum Gasteiger partial charge on any atom is -0.494 e. The molecule has 1 N–H and O–H groups in total. The summed E-state index contributed by atoms with van der Waals surface area (Å²) >= 11 is 6.48. The van der Waals surface area contributed by atoms with Crippen LogP contribution in [-0.2, 0) is 17.8 Å². The zero-order chi connectivity index (χ0) is 33.6. The van der Waals surface area contributed by atoms with Crippen LogP contribution in [0, 0.1) is 11.3 Å². The van der Waals surface area contributed by atoms with Crippen LogP contribution >= 0.6 is 11.6 Å². The summed E-state index contributed by atoms with van der Waals surface area (Å²) in [7, 11) is 1.38. The van der Waals surface area contributed by atoms with Crippen molar-refractivity contribution < 1.29 is 22.5 Å². The Kier molecular flexibility index (Phi) is 7.25. The molecule has 0 aliphatic rings. The maximum Gasteiger partial charge on any atom is 0.159 e. The van der Waals surface area contributed by atoms with Crippen LogP contribution in [0.1, 0.15) is 32.0 Å². The Labute approximate surface area is 247 Å². The number of carbonyl (C=O) groups excluding carboxylic acids is 1. The maximum absolute atomic E-state index is 13.0. The molecule has 0 fully saturated rings. The van der Waals surface area contributed by atoms with Gasteiger partial charge in [-0.25, -0.2) is 0 Å². The normalized spacial score (nSPS) is 14.2. The van der Waals surface area contributed by atoms with E-state index in [1.54, 1.807) is 37.3 Å². The van der Waals surface area contributed by atoms with Crippen LogP contribution in [0.4, 0.5) is 11.4 Å². The van der Waals surface area contributed by atoms with Gasteiger partial charge in [-0.15, -0.1) is 0 Å². The molecule has 8 nitrogen and oxygen atoms in total. The van der Waals surface area contributed by atoms with E-state index < -0.39 is 19.3 Å². The molecule has 9 heteroatoms.